The lowest BCUT2D eigenvalue weighted by atomic mass is 9.54. The molecule has 1 saturated heterocycles. The second-order valence-corrected chi connectivity index (χ2v) is 11.0. The molecular weight excluding hydrogens is 546 g/mol. The number of carbonyl (C=O) groups excluding carboxylic acids is 3. The molecule has 3 aliphatic carbocycles. The van der Waals surface area contributed by atoms with Gasteiger partial charge in [0.05, 0.1) is 37.1 Å². The van der Waals surface area contributed by atoms with Crippen molar-refractivity contribution in [3.8, 4) is 5.75 Å². The van der Waals surface area contributed by atoms with Gasteiger partial charge < -0.3 is 35.6 Å². The number of ether oxygens (including phenoxy) is 1. The molecule has 2 fully saturated rings. The molecule has 5 atom stereocenters. The first-order valence-corrected chi connectivity index (χ1v) is 12.8. The number of morpholine rings is 1. The van der Waals surface area contributed by atoms with Crippen molar-refractivity contribution in [3.05, 3.63) is 46.2 Å². The molecule has 5 rings (SSSR count). The Morgan fingerprint density at radius 1 is 1.15 bits per heavy atom. The van der Waals surface area contributed by atoms with E-state index in [1.54, 1.807) is 14.1 Å². The van der Waals surface area contributed by atoms with E-state index in [1.165, 1.54) is 30.0 Å². The number of carbonyl (C=O) groups is 3. The molecule has 0 bridgehead atoms. The average molecular weight is 580 g/mol. The third-order valence-electron chi connectivity index (χ3n) is 8.57. The van der Waals surface area contributed by atoms with Gasteiger partial charge in [-0.2, -0.15) is 0 Å². The Kier molecular flexibility index (Phi) is 7.82. The summed E-state index contributed by atoms with van der Waals surface area (Å²) in [6.45, 7) is 3.53. The number of amides is 1. The number of phenolic OH excluding ortho intramolecular Hbond substituents is 1. The van der Waals surface area contributed by atoms with Crippen LogP contribution in [0.15, 0.2) is 35.1 Å². The van der Waals surface area contributed by atoms with Gasteiger partial charge in [-0.15, -0.1) is 12.4 Å². The standard InChI is InChI=1S/C27H33N3O9.ClH/c1-26(37)13-5-4-6-16(31)17(13)21(32)18-14(26)11-15-20(29(2)3)22(33)19(24(35)27(15,38)23(18)34)25(36)28-12-30-7-9-39-10-8-30;/h4-6,14-15,20,31-32,35,37-38H,7-12H2,1-3H3,(H,28,36);1H/t14-,15-,20-,26+,27-;/m0./s1. The van der Waals surface area contributed by atoms with Gasteiger partial charge in [0.25, 0.3) is 5.91 Å². The molecule has 1 aromatic carbocycles. The molecule has 12 nitrogen and oxygen atoms in total. The van der Waals surface area contributed by atoms with Crippen molar-refractivity contribution in [2.75, 3.05) is 47.1 Å². The van der Waals surface area contributed by atoms with Crippen LogP contribution in [-0.2, 0) is 24.7 Å². The number of hydrogen-bond donors (Lipinski definition) is 6. The molecule has 40 heavy (non-hydrogen) atoms. The van der Waals surface area contributed by atoms with E-state index in [2.05, 4.69) is 5.32 Å². The number of aliphatic hydroxyl groups is 4. The SMILES string of the molecule is CN(C)[C@@H]1C(=O)C(C(=O)NCN2CCOCC2)=C(O)[C@@]2(O)C(=O)C3=C(O)c4c(O)cccc4[C@@](C)(O)[C@H]3C[C@@H]12.Cl. The zero-order valence-corrected chi connectivity index (χ0v) is 23.2. The third kappa shape index (κ3) is 4.21. The summed E-state index contributed by atoms with van der Waals surface area (Å²) >= 11 is 0. The third-order valence-corrected chi connectivity index (χ3v) is 8.57. The number of nitrogens with one attached hydrogen (secondary N) is 1. The molecule has 1 heterocycles. The van der Waals surface area contributed by atoms with Crippen LogP contribution in [0.3, 0.4) is 0 Å². The van der Waals surface area contributed by atoms with Gasteiger partial charge in [-0.25, -0.2) is 0 Å². The van der Waals surface area contributed by atoms with Crippen LogP contribution in [0.1, 0.15) is 24.5 Å². The number of rotatable bonds is 4. The van der Waals surface area contributed by atoms with Crippen LogP contribution in [0.5, 0.6) is 5.75 Å². The number of aliphatic hydroxyl groups excluding tert-OH is 2. The van der Waals surface area contributed by atoms with Gasteiger partial charge in [-0.1, -0.05) is 12.1 Å². The molecular formula is C27H34ClN3O9. The number of ketones is 2. The van der Waals surface area contributed by atoms with Crippen molar-refractivity contribution in [2.45, 2.75) is 30.6 Å². The molecule has 218 valence electrons. The first-order valence-electron chi connectivity index (χ1n) is 12.8. The lowest BCUT2D eigenvalue weighted by molar-refractivity contribution is -0.159. The lowest BCUT2D eigenvalue weighted by Gasteiger charge is -2.53. The number of halogens is 1. The molecule has 0 aromatic heterocycles. The van der Waals surface area contributed by atoms with Crippen molar-refractivity contribution >= 4 is 35.6 Å². The molecule has 1 aromatic rings. The molecule has 1 aliphatic heterocycles. The van der Waals surface area contributed by atoms with Crippen LogP contribution in [0, 0.1) is 11.8 Å². The zero-order chi connectivity index (χ0) is 28.4. The summed E-state index contributed by atoms with van der Waals surface area (Å²) in [7, 11) is 3.10. The fraction of sp³-hybridized carbons (Fsp3) is 0.519. The van der Waals surface area contributed by atoms with Gasteiger partial charge in [-0.05, 0) is 39.1 Å². The highest BCUT2D eigenvalue weighted by atomic mass is 35.5. The van der Waals surface area contributed by atoms with E-state index in [0.717, 1.165) is 0 Å². The van der Waals surface area contributed by atoms with E-state index in [1.807, 2.05) is 4.90 Å². The minimum atomic E-state index is -2.74. The number of likely N-dealkylation sites (N-methyl/N-ethyl adjacent to an activating group) is 1. The number of fused-ring (bicyclic) bond motifs is 3. The van der Waals surface area contributed by atoms with Crippen molar-refractivity contribution in [3.63, 3.8) is 0 Å². The largest absolute Gasteiger partial charge is 0.508 e. The van der Waals surface area contributed by atoms with Crippen molar-refractivity contribution in [1.82, 2.24) is 15.1 Å². The van der Waals surface area contributed by atoms with Gasteiger partial charge in [0.15, 0.2) is 11.4 Å². The predicted molar refractivity (Wildman–Crippen MR) is 144 cm³/mol. The number of Topliss-reactive ketones (excluding diaryl/α,β-unsaturated/α-hetero) is 2. The van der Waals surface area contributed by atoms with Crippen LogP contribution in [0.25, 0.3) is 5.76 Å². The maximum atomic E-state index is 14.1. The first kappa shape index (κ1) is 30.0. The Morgan fingerprint density at radius 3 is 2.42 bits per heavy atom. The number of aromatic hydroxyl groups is 1. The molecule has 0 radical (unpaired) electrons. The Bertz CT molecular complexity index is 1320. The topological polar surface area (TPSA) is 180 Å². The van der Waals surface area contributed by atoms with E-state index < -0.39 is 63.6 Å². The monoisotopic (exact) mass is 579 g/mol. The second kappa shape index (κ2) is 10.4. The number of hydrogen-bond acceptors (Lipinski definition) is 11. The maximum Gasteiger partial charge on any atom is 0.259 e. The molecule has 0 unspecified atom stereocenters. The second-order valence-electron chi connectivity index (χ2n) is 11.0. The summed E-state index contributed by atoms with van der Waals surface area (Å²) in [4.78, 5) is 44.3. The van der Waals surface area contributed by atoms with Gasteiger partial charge in [0, 0.05) is 30.5 Å². The van der Waals surface area contributed by atoms with E-state index in [4.69, 9.17) is 4.74 Å². The molecule has 6 N–H and O–H groups in total. The lowest BCUT2D eigenvalue weighted by Crippen LogP contribution is -2.67. The summed E-state index contributed by atoms with van der Waals surface area (Å²) in [5, 5.41) is 59.0. The summed E-state index contributed by atoms with van der Waals surface area (Å²) in [5.41, 5.74) is -5.63. The minimum absolute atomic E-state index is 0. The van der Waals surface area contributed by atoms with Crippen LogP contribution in [0.4, 0.5) is 0 Å². The number of nitrogens with zero attached hydrogens (tertiary/aromatic N) is 2. The molecule has 0 spiro atoms. The van der Waals surface area contributed by atoms with Crippen LogP contribution in [-0.4, -0.2) is 112 Å². The smallest absolute Gasteiger partial charge is 0.259 e. The maximum absolute atomic E-state index is 14.1. The predicted octanol–water partition coefficient (Wildman–Crippen LogP) is -0.0286. The van der Waals surface area contributed by atoms with Crippen molar-refractivity contribution in [2.24, 2.45) is 11.8 Å². The van der Waals surface area contributed by atoms with Gasteiger partial charge >= 0.3 is 0 Å². The van der Waals surface area contributed by atoms with Gasteiger partial charge in [-0.3, -0.25) is 24.2 Å². The van der Waals surface area contributed by atoms with E-state index in [0.29, 0.717) is 26.3 Å². The Morgan fingerprint density at radius 2 is 1.80 bits per heavy atom. The average Bonchev–Trinajstić information content (AvgIpc) is 2.88. The fourth-order valence-electron chi connectivity index (χ4n) is 6.51. The fourth-order valence-corrected chi connectivity index (χ4v) is 6.51. The summed E-state index contributed by atoms with van der Waals surface area (Å²) in [6.07, 6.45) is -0.189. The minimum Gasteiger partial charge on any atom is -0.508 e. The van der Waals surface area contributed by atoms with Crippen LogP contribution >= 0.6 is 12.4 Å². The molecule has 13 heteroatoms. The van der Waals surface area contributed by atoms with E-state index >= 15 is 0 Å². The normalized spacial score (nSPS) is 32.3. The first-order chi connectivity index (χ1) is 18.3. The number of phenols is 1. The zero-order valence-electron chi connectivity index (χ0n) is 22.4. The summed E-state index contributed by atoms with van der Waals surface area (Å²) in [6, 6.07) is 3.08. The molecule has 1 saturated carbocycles. The highest BCUT2D eigenvalue weighted by Gasteiger charge is 2.66. The highest BCUT2D eigenvalue weighted by molar-refractivity contribution is 6.25. The Balaban J connectivity index is 0.00000370. The van der Waals surface area contributed by atoms with Gasteiger partial charge in [0.1, 0.15) is 22.8 Å². The number of benzene rings is 1. The Hall–Kier alpha value is -3.00. The van der Waals surface area contributed by atoms with Crippen LogP contribution in [0.2, 0.25) is 0 Å². The van der Waals surface area contributed by atoms with Crippen molar-refractivity contribution in [1.29, 1.82) is 0 Å². The quantitative estimate of drug-likeness (QED) is 0.264. The Labute approximate surface area is 236 Å². The molecule has 1 amide bonds. The van der Waals surface area contributed by atoms with Gasteiger partial charge in [0.2, 0.25) is 5.78 Å². The van der Waals surface area contributed by atoms with E-state index in [-0.39, 0.29) is 47.9 Å². The highest BCUT2D eigenvalue weighted by Crippen LogP contribution is 2.57. The summed E-state index contributed by atoms with van der Waals surface area (Å²) < 4.78 is 5.29. The van der Waals surface area contributed by atoms with Crippen molar-refractivity contribution < 1.29 is 44.7 Å². The molecule has 4 aliphatic rings. The summed E-state index contributed by atoms with van der Waals surface area (Å²) in [5.74, 6) is -7.32. The van der Waals surface area contributed by atoms with E-state index in [9.17, 15) is 39.9 Å². The van der Waals surface area contributed by atoms with Crippen LogP contribution < -0.4 is 5.32 Å².